The number of ether oxygens (including phenoxy) is 1. The first kappa shape index (κ1) is 13.4. The van der Waals surface area contributed by atoms with Crippen molar-refractivity contribution in [1.29, 1.82) is 5.26 Å². The summed E-state index contributed by atoms with van der Waals surface area (Å²) in [6.45, 7) is 0.926. The number of aliphatic hydroxyl groups excluding tert-OH is 1. The first-order chi connectivity index (χ1) is 7.04. The molecule has 0 unspecified atom stereocenters. The second-order valence-corrected chi connectivity index (χ2v) is 3.07. The third-order valence-electron chi connectivity index (χ3n) is 1.77. The molecule has 0 aliphatic heterocycles. The zero-order valence-corrected chi connectivity index (χ0v) is 8.69. The van der Waals surface area contributed by atoms with Crippen molar-refractivity contribution >= 4 is 11.9 Å². The number of hydrogen-bond acceptors (Lipinski definition) is 5. The molecule has 0 aliphatic carbocycles. The molecule has 0 aromatic rings. The van der Waals surface area contributed by atoms with E-state index in [4.69, 9.17) is 10.4 Å². The Bertz CT molecular complexity index is 272. The second kappa shape index (κ2) is 6.79. The van der Waals surface area contributed by atoms with Crippen molar-refractivity contribution in [2.24, 2.45) is 5.92 Å². The van der Waals surface area contributed by atoms with Gasteiger partial charge in [-0.2, -0.15) is 5.26 Å². The fourth-order valence-corrected chi connectivity index (χ4v) is 1.00. The maximum atomic E-state index is 11.2. The zero-order valence-electron chi connectivity index (χ0n) is 8.69. The van der Waals surface area contributed by atoms with Crippen molar-refractivity contribution < 1.29 is 19.4 Å². The van der Waals surface area contributed by atoms with E-state index in [9.17, 15) is 9.59 Å². The number of carbonyl (C=O) groups is 2. The summed E-state index contributed by atoms with van der Waals surface area (Å²) in [5, 5.41) is 19.3. The minimum Gasteiger partial charge on any atom is -0.467 e. The van der Waals surface area contributed by atoms with Crippen LogP contribution in [0.4, 0.5) is 0 Å². The Hall–Kier alpha value is -1.61. The molecule has 84 valence electrons. The van der Waals surface area contributed by atoms with E-state index in [1.165, 1.54) is 7.11 Å². The number of methoxy groups -OCH3 is 1. The topological polar surface area (TPSA) is 99.4 Å². The molecule has 15 heavy (non-hydrogen) atoms. The number of esters is 1. The second-order valence-electron chi connectivity index (χ2n) is 3.07. The lowest BCUT2D eigenvalue weighted by molar-refractivity contribution is -0.145. The fraction of sp³-hybridized carbons (Fsp3) is 0.667. The third kappa shape index (κ3) is 4.98. The van der Waals surface area contributed by atoms with Crippen LogP contribution < -0.4 is 5.32 Å². The summed E-state index contributed by atoms with van der Waals surface area (Å²) in [4.78, 5) is 22.0. The van der Waals surface area contributed by atoms with E-state index in [0.717, 1.165) is 0 Å². The number of rotatable bonds is 5. The van der Waals surface area contributed by atoms with Crippen LogP contribution in [0, 0.1) is 17.2 Å². The molecule has 0 rings (SSSR count). The Morgan fingerprint density at radius 1 is 1.60 bits per heavy atom. The first-order valence-electron chi connectivity index (χ1n) is 4.42. The van der Waals surface area contributed by atoms with Gasteiger partial charge in [0.2, 0.25) is 5.91 Å². The number of aliphatic hydroxyl groups is 1. The lowest BCUT2D eigenvalue weighted by atomic mass is 10.0. The number of carbonyl (C=O) groups excluding carboxylic acids is 2. The van der Waals surface area contributed by atoms with Crippen molar-refractivity contribution in [3.8, 4) is 6.07 Å². The first-order valence-corrected chi connectivity index (χ1v) is 4.42. The molecule has 6 nitrogen and oxygen atoms in total. The van der Waals surface area contributed by atoms with Crippen molar-refractivity contribution in [1.82, 2.24) is 5.32 Å². The molecule has 0 heterocycles. The van der Waals surface area contributed by atoms with Crippen LogP contribution in [0.25, 0.3) is 0 Å². The van der Waals surface area contributed by atoms with Crippen LogP contribution in [-0.4, -0.2) is 36.7 Å². The number of hydrogen-bond donors (Lipinski definition) is 2. The van der Waals surface area contributed by atoms with E-state index in [-0.39, 0.29) is 12.3 Å². The van der Waals surface area contributed by atoms with E-state index in [1.807, 2.05) is 6.07 Å². The van der Waals surface area contributed by atoms with Crippen molar-refractivity contribution in [3.05, 3.63) is 0 Å². The Kier molecular flexibility index (Phi) is 6.06. The maximum Gasteiger partial charge on any atom is 0.328 e. The summed E-state index contributed by atoms with van der Waals surface area (Å²) in [7, 11) is 1.19. The van der Waals surface area contributed by atoms with E-state index >= 15 is 0 Å². The highest BCUT2D eigenvalue weighted by Crippen LogP contribution is 2.06. The van der Waals surface area contributed by atoms with Gasteiger partial charge in [0.05, 0.1) is 13.2 Å². The summed E-state index contributed by atoms with van der Waals surface area (Å²) in [6, 6.07) is 1.06. The van der Waals surface area contributed by atoms with Gasteiger partial charge >= 0.3 is 5.97 Å². The SMILES string of the molecule is COC(=O)[C@H](C[C@H](C)C#N)NC(=O)CO. The Balaban J connectivity index is 4.39. The number of nitriles is 1. The van der Waals surface area contributed by atoms with Crippen molar-refractivity contribution in [3.63, 3.8) is 0 Å². The van der Waals surface area contributed by atoms with E-state index in [0.29, 0.717) is 0 Å². The molecular weight excluding hydrogens is 200 g/mol. The normalized spacial score (nSPS) is 13.5. The van der Waals surface area contributed by atoms with Crippen LogP contribution in [0.2, 0.25) is 0 Å². The zero-order chi connectivity index (χ0) is 11.8. The standard InChI is InChI=1S/C9H14N2O4/c1-6(4-10)3-7(9(14)15-2)11-8(13)5-12/h6-7,12H,3,5H2,1-2H3,(H,11,13)/t6-,7-/m0/s1. The highest BCUT2D eigenvalue weighted by Gasteiger charge is 2.23. The third-order valence-corrected chi connectivity index (χ3v) is 1.77. The molecule has 0 radical (unpaired) electrons. The summed E-state index contributed by atoms with van der Waals surface area (Å²) in [5.41, 5.74) is 0. The van der Waals surface area contributed by atoms with Gasteiger partial charge in [-0.1, -0.05) is 0 Å². The predicted molar refractivity (Wildman–Crippen MR) is 50.4 cm³/mol. The van der Waals surface area contributed by atoms with Gasteiger partial charge in [0.15, 0.2) is 0 Å². The number of nitrogens with zero attached hydrogens (tertiary/aromatic N) is 1. The van der Waals surface area contributed by atoms with Crippen LogP contribution >= 0.6 is 0 Å². The van der Waals surface area contributed by atoms with Gasteiger partial charge in [-0.05, 0) is 13.3 Å². The molecular formula is C9H14N2O4. The Morgan fingerprint density at radius 3 is 2.60 bits per heavy atom. The summed E-state index contributed by atoms with van der Waals surface area (Å²) in [6.07, 6.45) is 0.162. The molecule has 0 aliphatic rings. The molecule has 0 spiro atoms. The van der Waals surface area contributed by atoms with Gasteiger partial charge in [0.1, 0.15) is 12.6 Å². The molecule has 0 bridgehead atoms. The molecule has 2 N–H and O–H groups in total. The van der Waals surface area contributed by atoms with Gasteiger partial charge in [0.25, 0.3) is 0 Å². The van der Waals surface area contributed by atoms with Gasteiger partial charge in [0, 0.05) is 5.92 Å². The molecule has 0 aromatic carbocycles. The Morgan fingerprint density at radius 2 is 2.20 bits per heavy atom. The van der Waals surface area contributed by atoms with Crippen LogP contribution in [0.3, 0.4) is 0 Å². The van der Waals surface area contributed by atoms with E-state index in [2.05, 4.69) is 10.1 Å². The summed E-state index contributed by atoms with van der Waals surface area (Å²) in [5.74, 6) is -1.68. The quantitative estimate of drug-likeness (QED) is 0.583. The largest absolute Gasteiger partial charge is 0.467 e. The lowest BCUT2D eigenvalue weighted by Crippen LogP contribution is -2.43. The van der Waals surface area contributed by atoms with Crippen molar-refractivity contribution in [2.45, 2.75) is 19.4 Å². The average Bonchev–Trinajstić information content (AvgIpc) is 2.26. The molecule has 0 fully saturated rings. The van der Waals surface area contributed by atoms with Crippen LogP contribution in [0.1, 0.15) is 13.3 Å². The van der Waals surface area contributed by atoms with Crippen LogP contribution in [0.5, 0.6) is 0 Å². The van der Waals surface area contributed by atoms with Crippen molar-refractivity contribution in [2.75, 3.05) is 13.7 Å². The monoisotopic (exact) mass is 214 g/mol. The summed E-state index contributed by atoms with van der Waals surface area (Å²) < 4.78 is 4.46. The van der Waals surface area contributed by atoms with Gasteiger partial charge < -0.3 is 15.2 Å². The highest BCUT2D eigenvalue weighted by atomic mass is 16.5. The molecule has 0 saturated carbocycles. The predicted octanol–water partition coefficient (Wildman–Crippen LogP) is -0.814. The minimum atomic E-state index is -0.885. The number of amides is 1. The molecule has 0 saturated heterocycles. The van der Waals surface area contributed by atoms with Gasteiger partial charge in [-0.15, -0.1) is 0 Å². The minimum absolute atomic E-state index is 0.162. The smallest absolute Gasteiger partial charge is 0.328 e. The molecule has 6 heteroatoms. The maximum absolute atomic E-state index is 11.2. The average molecular weight is 214 g/mol. The van der Waals surface area contributed by atoms with Crippen LogP contribution in [0.15, 0.2) is 0 Å². The fourth-order valence-electron chi connectivity index (χ4n) is 1.00. The van der Waals surface area contributed by atoms with Gasteiger partial charge in [-0.3, -0.25) is 4.79 Å². The van der Waals surface area contributed by atoms with E-state index in [1.54, 1.807) is 6.92 Å². The number of nitrogens with one attached hydrogen (secondary N) is 1. The van der Waals surface area contributed by atoms with Crippen LogP contribution in [-0.2, 0) is 14.3 Å². The molecule has 0 aromatic heterocycles. The highest BCUT2D eigenvalue weighted by molar-refractivity contribution is 5.84. The lowest BCUT2D eigenvalue weighted by Gasteiger charge is -2.16. The Labute approximate surface area is 87.8 Å². The van der Waals surface area contributed by atoms with Gasteiger partial charge in [-0.25, -0.2) is 4.79 Å². The molecule has 2 atom stereocenters. The van der Waals surface area contributed by atoms with E-state index < -0.39 is 24.5 Å². The summed E-state index contributed by atoms with van der Waals surface area (Å²) >= 11 is 0. The molecule has 1 amide bonds.